The Labute approximate surface area is 257 Å². The van der Waals surface area contributed by atoms with Gasteiger partial charge in [-0.05, 0) is 55.0 Å². The molecule has 0 atom stereocenters. The van der Waals surface area contributed by atoms with E-state index in [1.54, 1.807) is 24.3 Å². The third kappa shape index (κ3) is 7.05. The molecule has 1 heterocycles. The first kappa shape index (κ1) is 32.1. The van der Waals surface area contributed by atoms with Gasteiger partial charge in [-0.1, -0.05) is 57.9 Å². The molecule has 4 rings (SSSR count). The van der Waals surface area contributed by atoms with E-state index < -0.39 is 53.2 Å². The number of carbonyl (C=O) groups is 1. The summed E-state index contributed by atoms with van der Waals surface area (Å²) in [7, 11) is -12.9. The van der Waals surface area contributed by atoms with Crippen molar-refractivity contribution in [3.63, 3.8) is 0 Å². The van der Waals surface area contributed by atoms with Crippen molar-refractivity contribution < 1.29 is 34.8 Å². The number of esters is 1. The molecule has 0 spiro atoms. The minimum absolute atomic E-state index is 0.0685. The van der Waals surface area contributed by atoms with Crippen LogP contribution in [0.4, 0.5) is 0 Å². The number of benzene rings is 3. The first-order valence-corrected chi connectivity index (χ1v) is 18.0. The fraction of sp³-hybridized carbons (Fsp3) is 0.192. The Kier molecular flexibility index (Phi) is 9.82. The van der Waals surface area contributed by atoms with Crippen LogP contribution in [0.3, 0.4) is 0 Å². The van der Waals surface area contributed by atoms with Crippen LogP contribution in [0.5, 0.6) is 0 Å². The highest BCUT2D eigenvalue weighted by molar-refractivity contribution is 9.10. The number of hydrogen-bond donors (Lipinski definition) is 2. The van der Waals surface area contributed by atoms with Crippen LogP contribution in [-0.4, -0.2) is 54.9 Å². The van der Waals surface area contributed by atoms with Gasteiger partial charge in [0.15, 0.2) is 5.69 Å². The maximum Gasteiger partial charge on any atom is 0.357 e. The highest BCUT2D eigenvalue weighted by Gasteiger charge is 2.37. The molecular formula is C26H25BrClN3O8S3. The van der Waals surface area contributed by atoms with Gasteiger partial charge in [-0.15, -0.1) is 0 Å². The topological polar surface area (TPSA) is 158 Å². The molecule has 3 aromatic carbocycles. The Morgan fingerprint density at radius 2 is 1.60 bits per heavy atom. The number of nitrogens with zero attached hydrogens (tertiary/aromatic N) is 1. The number of hydrogen-bond acceptors (Lipinski definition) is 8. The minimum Gasteiger partial charge on any atom is -0.461 e. The van der Waals surface area contributed by atoms with Crippen molar-refractivity contribution in [1.82, 2.24) is 13.4 Å². The van der Waals surface area contributed by atoms with Crippen molar-refractivity contribution >= 4 is 74.5 Å². The summed E-state index contributed by atoms with van der Waals surface area (Å²) in [5.41, 5.74) is -0.358. The number of rotatable bonds is 12. The summed E-state index contributed by atoms with van der Waals surface area (Å²) in [6.45, 7) is 0.596. The van der Waals surface area contributed by atoms with Crippen LogP contribution in [0.2, 0.25) is 5.02 Å². The number of sulfonamides is 2. The minimum atomic E-state index is -4.61. The molecule has 0 unspecified atom stereocenters. The lowest BCUT2D eigenvalue weighted by molar-refractivity contribution is 0.0514. The van der Waals surface area contributed by atoms with Crippen molar-refractivity contribution in [1.29, 1.82) is 0 Å². The Morgan fingerprint density at radius 1 is 0.905 bits per heavy atom. The summed E-state index contributed by atoms with van der Waals surface area (Å²) in [4.78, 5) is 12.4. The van der Waals surface area contributed by atoms with Gasteiger partial charge in [0, 0.05) is 28.0 Å². The maximum absolute atomic E-state index is 13.8. The Balaban J connectivity index is 1.72. The van der Waals surface area contributed by atoms with E-state index >= 15 is 0 Å². The fourth-order valence-corrected chi connectivity index (χ4v) is 8.86. The predicted molar refractivity (Wildman–Crippen MR) is 162 cm³/mol. The molecule has 11 nitrogen and oxygen atoms in total. The molecule has 2 N–H and O–H groups in total. The van der Waals surface area contributed by atoms with E-state index in [0.29, 0.717) is 19.0 Å². The first-order chi connectivity index (χ1) is 19.8. The van der Waals surface area contributed by atoms with Crippen molar-refractivity contribution in [2.75, 3.05) is 19.7 Å². The number of aromatic nitrogens is 1. The Morgan fingerprint density at radius 3 is 2.26 bits per heavy atom. The smallest absolute Gasteiger partial charge is 0.357 e. The molecule has 4 aromatic rings. The van der Waals surface area contributed by atoms with Crippen molar-refractivity contribution in [3.8, 4) is 0 Å². The first-order valence-electron chi connectivity index (χ1n) is 12.3. The van der Waals surface area contributed by atoms with Gasteiger partial charge in [-0.3, -0.25) is 0 Å². The second-order valence-electron chi connectivity index (χ2n) is 8.82. The largest absolute Gasteiger partial charge is 0.461 e. The van der Waals surface area contributed by atoms with E-state index in [9.17, 15) is 30.0 Å². The molecule has 16 heteroatoms. The normalized spacial score (nSPS) is 12.5. The number of nitrogens with one attached hydrogen (secondary N) is 2. The van der Waals surface area contributed by atoms with E-state index in [1.165, 1.54) is 55.5 Å². The fourth-order valence-electron chi connectivity index (χ4n) is 4.16. The molecular weight excluding hydrogens is 694 g/mol. The highest BCUT2D eigenvalue weighted by Crippen LogP contribution is 2.35. The van der Waals surface area contributed by atoms with Gasteiger partial charge in [-0.2, -0.15) is 0 Å². The van der Waals surface area contributed by atoms with Crippen LogP contribution < -0.4 is 9.44 Å². The van der Waals surface area contributed by atoms with E-state index in [4.69, 9.17) is 16.3 Å². The van der Waals surface area contributed by atoms with Gasteiger partial charge in [0.25, 0.3) is 10.0 Å². The lowest BCUT2D eigenvalue weighted by atomic mass is 10.2. The average Bonchev–Trinajstić information content (AvgIpc) is 3.28. The SMILES string of the molecule is CCOC(=O)c1c(S(=O)(=O)NCCNS(=O)(=O)Cc2cccc(Cl)c2)c2cc(Br)ccc2n1S(=O)(=O)c1ccccc1. The number of ether oxygens (including phenoxy) is 1. The lowest BCUT2D eigenvalue weighted by Gasteiger charge is -2.13. The lowest BCUT2D eigenvalue weighted by Crippen LogP contribution is -2.36. The summed E-state index contributed by atoms with van der Waals surface area (Å²) in [5.74, 6) is -1.56. The zero-order valence-electron chi connectivity index (χ0n) is 22.0. The van der Waals surface area contributed by atoms with Gasteiger partial charge in [0.2, 0.25) is 20.0 Å². The van der Waals surface area contributed by atoms with Gasteiger partial charge in [-0.25, -0.2) is 43.5 Å². The zero-order valence-corrected chi connectivity index (χ0v) is 26.7. The molecule has 0 aliphatic rings. The second-order valence-corrected chi connectivity index (χ2v) is 15.5. The molecule has 0 aliphatic carbocycles. The van der Waals surface area contributed by atoms with E-state index in [2.05, 4.69) is 25.4 Å². The van der Waals surface area contributed by atoms with Gasteiger partial charge >= 0.3 is 5.97 Å². The van der Waals surface area contributed by atoms with Gasteiger partial charge in [0.1, 0.15) is 4.90 Å². The number of carbonyl (C=O) groups excluding carboxylic acids is 1. The molecule has 0 aliphatic heterocycles. The van der Waals surface area contributed by atoms with Crippen molar-refractivity contribution in [3.05, 3.63) is 93.5 Å². The molecule has 0 amide bonds. The van der Waals surface area contributed by atoms with Gasteiger partial charge in [0.05, 0.1) is 22.8 Å². The number of halogens is 2. The summed E-state index contributed by atoms with van der Waals surface area (Å²) < 4.78 is 90.7. The average molecular weight is 719 g/mol. The summed E-state index contributed by atoms with van der Waals surface area (Å²) >= 11 is 9.18. The Hall–Kier alpha value is -2.79. The molecule has 1 aromatic heterocycles. The van der Waals surface area contributed by atoms with Crippen LogP contribution >= 0.6 is 27.5 Å². The molecule has 0 saturated carbocycles. The molecule has 224 valence electrons. The van der Waals surface area contributed by atoms with Crippen LogP contribution in [-0.2, 0) is 40.6 Å². The summed E-state index contributed by atoms with van der Waals surface area (Å²) in [6, 6.07) is 17.8. The van der Waals surface area contributed by atoms with Crippen molar-refractivity contribution in [2.24, 2.45) is 0 Å². The standard InChI is InChI=1S/C26H25BrClN3O8S3/c1-2-39-26(32)24-25(41(35,36)30-14-13-29-40(33,34)17-18-7-6-8-20(28)15-18)22-16-19(27)11-12-23(22)31(24)42(37,38)21-9-4-3-5-10-21/h3-12,15-16,29-30H,2,13-14,17H2,1H3. The maximum atomic E-state index is 13.8. The van der Waals surface area contributed by atoms with Crippen LogP contribution in [0.1, 0.15) is 23.0 Å². The third-order valence-electron chi connectivity index (χ3n) is 5.84. The van der Waals surface area contributed by atoms with Gasteiger partial charge < -0.3 is 4.74 Å². The molecule has 0 radical (unpaired) electrons. The van der Waals surface area contributed by atoms with Crippen LogP contribution in [0, 0.1) is 0 Å². The summed E-state index contributed by atoms with van der Waals surface area (Å²) in [6.07, 6.45) is 0. The Bertz CT molecular complexity index is 1960. The van der Waals surface area contributed by atoms with Crippen LogP contribution in [0.25, 0.3) is 10.9 Å². The zero-order chi connectivity index (χ0) is 30.7. The second kappa shape index (κ2) is 12.8. The predicted octanol–water partition coefficient (Wildman–Crippen LogP) is 3.87. The third-order valence-corrected chi connectivity index (χ3v) is 11.2. The molecule has 42 heavy (non-hydrogen) atoms. The quantitative estimate of drug-likeness (QED) is 0.165. The summed E-state index contributed by atoms with van der Waals surface area (Å²) in [5, 5.41) is 0.300. The van der Waals surface area contributed by atoms with E-state index in [1.807, 2.05) is 0 Å². The molecule has 0 bridgehead atoms. The molecule has 0 saturated heterocycles. The highest BCUT2D eigenvalue weighted by atomic mass is 79.9. The van der Waals surface area contributed by atoms with Crippen LogP contribution in [0.15, 0.2) is 87.1 Å². The number of fused-ring (bicyclic) bond motifs is 1. The van der Waals surface area contributed by atoms with E-state index in [-0.39, 0.29) is 34.7 Å². The van der Waals surface area contributed by atoms with Crippen molar-refractivity contribution in [2.45, 2.75) is 22.5 Å². The monoisotopic (exact) mass is 717 g/mol. The van der Waals surface area contributed by atoms with E-state index in [0.717, 1.165) is 0 Å². The molecule has 0 fully saturated rings.